The molecule has 0 unspecified atom stereocenters. The van der Waals surface area contributed by atoms with Crippen molar-refractivity contribution in [2.24, 2.45) is 0 Å². The van der Waals surface area contributed by atoms with Gasteiger partial charge in [-0.3, -0.25) is 4.79 Å². The maximum atomic E-state index is 11.4. The summed E-state index contributed by atoms with van der Waals surface area (Å²) in [5.74, 6) is 0.296. The Morgan fingerprint density at radius 2 is 1.67 bits per heavy atom. The third-order valence-electron chi connectivity index (χ3n) is 2.20. The first-order valence-corrected chi connectivity index (χ1v) is 6.47. The van der Waals surface area contributed by atoms with Crippen LogP contribution in [0.2, 0.25) is 0 Å². The second-order valence-corrected chi connectivity index (χ2v) is 3.89. The van der Waals surface area contributed by atoms with Crippen LogP contribution < -0.4 is 0 Å². The van der Waals surface area contributed by atoms with Gasteiger partial charge >= 0.3 is 0 Å². The van der Waals surface area contributed by atoms with Gasteiger partial charge in [0.05, 0.1) is 0 Å². The Hall–Kier alpha value is 0.442. The molecule has 0 spiro atoms. The molecule has 108 valence electrons. The van der Waals surface area contributed by atoms with Crippen LogP contribution in [0.3, 0.4) is 0 Å². The zero-order chi connectivity index (χ0) is 13.5. The zero-order valence-corrected chi connectivity index (χ0v) is 16.5. The fourth-order valence-corrected chi connectivity index (χ4v) is 1.49. The van der Waals surface area contributed by atoms with E-state index in [4.69, 9.17) is 9.84 Å². The molecular weight excluding hydrogens is 456 g/mol. The molecule has 5 heteroatoms. The molecule has 18 heavy (non-hydrogen) atoms. The van der Waals surface area contributed by atoms with Crippen LogP contribution in [0, 0.1) is 31.1 Å². The molecule has 0 radical (unpaired) electrons. The van der Waals surface area contributed by atoms with Gasteiger partial charge in [-0.05, 0) is 19.3 Å². The Morgan fingerprint density at radius 3 is 2.06 bits per heavy atom. The summed E-state index contributed by atoms with van der Waals surface area (Å²) in [5, 5.41) is 7.00. The van der Waals surface area contributed by atoms with Crippen molar-refractivity contribution in [1.29, 1.82) is 0 Å². The van der Waals surface area contributed by atoms with Crippen LogP contribution in [0.1, 0.15) is 46.0 Å². The van der Waals surface area contributed by atoms with Crippen molar-refractivity contribution in [3.63, 3.8) is 0 Å². The van der Waals surface area contributed by atoms with E-state index >= 15 is 0 Å². The number of nitrogens with zero attached hydrogens (tertiary/aromatic N) is 1. The molecule has 0 aromatic carbocycles. The minimum Gasteiger partial charge on any atom is -0.400 e. The van der Waals surface area contributed by atoms with Crippen LogP contribution >= 0.6 is 0 Å². The van der Waals surface area contributed by atoms with Crippen LogP contribution in [-0.2, 0) is 9.53 Å². The van der Waals surface area contributed by atoms with Crippen molar-refractivity contribution in [2.45, 2.75) is 46.0 Å². The first-order chi connectivity index (χ1) is 8.26. The Bertz CT molecular complexity index is 162. The number of methoxy groups -OCH3 is 1. The predicted octanol–water partition coefficient (Wildman–Crippen LogP) is 2.06. The monoisotopic (exact) mass is 485 g/mol. The van der Waals surface area contributed by atoms with Gasteiger partial charge in [0, 0.05) is 71.4 Å². The minimum atomic E-state index is 0. The first-order valence-electron chi connectivity index (χ1n) is 6.47. The van der Waals surface area contributed by atoms with Crippen LogP contribution in [0.4, 0.5) is 0 Å². The Kier molecular flexibility index (Phi) is 25.8. The number of aliphatic hydroxyl groups excluding tert-OH is 1. The van der Waals surface area contributed by atoms with Crippen LogP contribution in [0.15, 0.2) is 0 Å². The summed E-state index contributed by atoms with van der Waals surface area (Å²) in [6.45, 7) is 6.87. The minimum absolute atomic E-state index is 0. The van der Waals surface area contributed by atoms with Crippen molar-refractivity contribution in [3.8, 4) is 0 Å². The van der Waals surface area contributed by atoms with Crippen molar-refractivity contribution in [2.75, 3.05) is 33.9 Å². The molecule has 1 aliphatic rings. The predicted molar refractivity (Wildman–Crippen MR) is 71.0 cm³/mol. The molecule has 0 aromatic rings. The molecule has 0 aliphatic carbocycles. The topological polar surface area (TPSA) is 49.8 Å². The first kappa shape index (κ1) is 23.5. The van der Waals surface area contributed by atoms with Gasteiger partial charge in [0.15, 0.2) is 0 Å². The van der Waals surface area contributed by atoms with Gasteiger partial charge in [0.25, 0.3) is 0 Å². The largest absolute Gasteiger partial charge is 0.400 e. The normalized spacial score (nSPS) is 12.6. The standard InChI is InChI=1S/C9H17NO2.C3H8.CH4O.U/c1-12-8-4-5-9(11)10-6-2-3-7-10;1-3-2;1-2;/h2-8H2,1H3;3H2,1-2H3;2H,1H3;. The molecule has 1 amide bonds. The molecule has 1 aliphatic heterocycles. The molecule has 1 N–H and O–H groups in total. The van der Waals surface area contributed by atoms with Gasteiger partial charge in [-0.2, -0.15) is 0 Å². The smallest absolute Gasteiger partial charge is 0.222 e. The van der Waals surface area contributed by atoms with Gasteiger partial charge in [-0.25, -0.2) is 0 Å². The van der Waals surface area contributed by atoms with Gasteiger partial charge in [0.2, 0.25) is 5.91 Å². The summed E-state index contributed by atoms with van der Waals surface area (Å²) in [6.07, 6.45) is 5.10. The second-order valence-electron chi connectivity index (χ2n) is 3.89. The summed E-state index contributed by atoms with van der Waals surface area (Å²) in [7, 11) is 2.67. The molecule has 1 fully saturated rings. The van der Waals surface area contributed by atoms with E-state index in [2.05, 4.69) is 13.8 Å². The number of hydrogen-bond donors (Lipinski definition) is 1. The number of carbonyl (C=O) groups excluding carboxylic acids is 1. The molecule has 0 aromatic heterocycles. The molecule has 1 saturated heterocycles. The van der Waals surface area contributed by atoms with E-state index in [1.807, 2.05) is 4.90 Å². The molecule has 0 bridgehead atoms. The van der Waals surface area contributed by atoms with E-state index in [0.29, 0.717) is 18.9 Å². The number of hydrogen-bond acceptors (Lipinski definition) is 3. The zero-order valence-electron chi connectivity index (χ0n) is 12.4. The maximum absolute atomic E-state index is 11.4. The van der Waals surface area contributed by atoms with E-state index in [9.17, 15) is 4.79 Å². The van der Waals surface area contributed by atoms with Crippen molar-refractivity contribution >= 4 is 5.91 Å². The average molecular weight is 485 g/mol. The third-order valence-corrected chi connectivity index (χ3v) is 2.20. The van der Waals surface area contributed by atoms with E-state index in [-0.39, 0.29) is 31.1 Å². The van der Waals surface area contributed by atoms with Gasteiger partial charge < -0.3 is 14.7 Å². The summed E-state index contributed by atoms with van der Waals surface area (Å²) in [6, 6.07) is 0. The average Bonchev–Trinajstić information content (AvgIpc) is 2.86. The Labute approximate surface area is 136 Å². The number of aliphatic hydroxyl groups is 1. The third kappa shape index (κ3) is 14.5. The van der Waals surface area contributed by atoms with Gasteiger partial charge in [0.1, 0.15) is 0 Å². The number of likely N-dealkylation sites (tertiary alicyclic amines) is 1. The van der Waals surface area contributed by atoms with Crippen LogP contribution in [-0.4, -0.2) is 49.8 Å². The molecule has 0 saturated carbocycles. The van der Waals surface area contributed by atoms with Crippen molar-refractivity contribution in [3.05, 3.63) is 0 Å². The number of rotatable bonds is 4. The molecular formula is C13H29NO3U. The summed E-state index contributed by atoms with van der Waals surface area (Å²) < 4.78 is 4.88. The molecule has 1 heterocycles. The number of carbonyl (C=O) groups is 1. The SMILES string of the molecule is CCC.CO.COCCCC(=O)N1CCCC1.[U]. The Morgan fingerprint density at radius 1 is 1.22 bits per heavy atom. The number of ether oxygens (including phenoxy) is 1. The van der Waals surface area contributed by atoms with Gasteiger partial charge in [-0.1, -0.05) is 20.3 Å². The van der Waals surface area contributed by atoms with Gasteiger partial charge in [-0.15, -0.1) is 0 Å². The molecule has 4 nitrogen and oxygen atoms in total. The summed E-state index contributed by atoms with van der Waals surface area (Å²) in [4.78, 5) is 13.3. The maximum Gasteiger partial charge on any atom is 0.222 e. The van der Waals surface area contributed by atoms with E-state index in [1.165, 1.54) is 19.3 Å². The van der Waals surface area contributed by atoms with E-state index < -0.39 is 0 Å². The number of amides is 1. The fourth-order valence-electron chi connectivity index (χ4n) is 1.49. The van der Waals surface area contributed by atoms with Crippen molar-refractivity contribution in [1.82, 2.24) is 4.90 Å². The molecule has 1 rings (SSSR count). The van der Waals surface area contributed by atoms with Crippen LogP contribution in [0.5, 0.6) is 0 Å². The Balaban J connectivity index is -0.000000329. The van der Waals surface area contributed by atoms with E-state index in [0.717, 1.165) is 26.6 Å². The van der Waals surface area contributed by atoms with E-state index in [1.54, 1.807) is 7.11 Å². The summed E-state index contributed by atoms with van der Waals surface area (Å²) in [5.41, 5.74) is 0. The molecule has 0 atom stereocenters. The quantitative estimate of drug-likeness (QED) is 0.621. The van der Waals surface area contributed by atoms with Crippen molar-refractivity contribution < 1.29 is 45.8 Å². The van der Waals surface area contributed by atoms with Crippen LogP contribution in [0.25, 0.3) is 0 Å². The fraction of sp³-hybridized carbons (Fsp3) is 0.923. The summed E-state index contributed by atoms with van der Waals surface area (Å²) >= 11 is 0. The second kappa shape index (κ2) is 19.8.